The van der Waals surface area contributed by atoms with Gasteiger partial charge in [0.05, 0.1) is 37.6 Å². The highest BCUT2D eigenvalue weighted by Crippen LogP contribution is 2.40. The van der Waals surface area contributed by atoms with E-state index in [4.69, 9.17) is 9.47 Å². The van der Waals surface area contributed by atoms with Crippen LogP contribution in [0.5, 0.6) is 0 Å². The van der Waals surface area contributed by atoms with Crippen LogP contribution in [-0.4, -0.2) is 48.6 Å². The number of hydrogen-bond donors (Lipinski definition) is 2. The van der Waals surface area contributed by atoms with Crippen molar-refractivity contribution < 1.29 is 29.3 Å². The van der Waals surface area contributed by atoms with Crippen LogP contribution in [-0.2, 0) is 31.9 Å². The first-order valence-electron chi connectivity index (χ1n) is 17.3. The maximum atomic E-state index is 12.2. The van der Waals surface area contributed by atoms with Crippen LogP contribution in [0.15, 0.2) is 78.9 Å². The molecule has 0 aromatic heterocycles. The molecule has 0 radical (unpaired) electrons. The van der Waals surface area contributed by atoms with Crippen LogP contribution >= 0.6 is 0 Å². The Hall–Kier alpha value is -3.74. The maximum absolute atomic E-state index is 12.2. The van der Waals surface area contributed by atoms with Gasteiger partial charge in [-0.3, -0.25) is 0 Å². The van der Waals surface area contributed by atoms with Gasteiger partial charge in [0.25, 0.3) is 0 Å². The minimum atomic E-state index is -0.655. The van der Waals surface area contributed by atoms with Crippen LogP contribution in [0, 0.1) is 11.8 Å². The average Bonchev–Trinajstić information content (AvgIpc) is 3.11. The van der Waals surface area contributed by atoms with Gasteiger partial charge in [-0.2, -0.15) is 0 Å². The van der Waals surface area contributed by atoms with Gasteiger partial charge in [0.15, 0.2) is 0 Å². The van der Waals surface area contributed by atoms with E-state index in [-0.39, 0.29) is 36.2 Å². The van der Waals surface area contributed by atoms with Gasteiger partial charge in [0.2, 0.25) is 0 Å². The number of ether oxygens (including phenoxy) is 2. The van der Waals surface area contributed by atoms with Crippen molar-refractivity contribution in [3.8, 4) is 11.1 Å². The summed E-state index contributed by atoms with van der Waals surface area (Å²) in [6.07, 6.45) is 11.0. The number of rotatable bonds is 17. The number of carbonyl (C=O) groups excluding carboxylic acids is 2. The lowest BCUT2D eigenvalue weighted by molar-refractivity contribution is -0.146. The quantitative estimate of drug-likeness (QED) is 0.0877. The van der Waals surface area contributed by atoms with E-state index >= 15 is 0 Å². The van der Waals surface area contributed by atoms with Gasteiger partial charge < -0.3 is 19.7 Å². The minimum Gasteiger partial charge on any atom is -0.462 e. The molecule has 0 bridgehead atoms. The number of aliphatic hydroxyl groups is 2. The first-order valence-corrected chi connectivity index (χ1v) is 17.3. The number of hydrogen-bond acceptors (Lipinski definition) is 6. The minimum absolute atomic E-state index is 0.0153. The van der Waals surface area contributed by atoms with E-state index in [1.165, 1.54) is 57.9 Å². The van der Waals surface area contributed by atoms with Crippen molar-refractivity contribution in [1.29, 1.82) is 0 Å². The van der Waals surface area contributed by atoms with Crippen molar-refractivity contribution in [2.24, 2.45) is 11.8 Å². The lowest BCUT2D eigenvalue weighted by atomic mass is 9.74. The Bertz CT molecular complexity index is 1500. The maximum Gasteiger partial charge on any atom is 0.335 e. The normalized spacial score (nSPS) is 16.3. The summed E-state index contributed by atoms with van der Waals surface area (Å²) in [5.41, 5.74) is 6.81. The summed E-state index contributed by atoms with van der Waals surface area (Å²) in [4.78, 5) is 24.3. The van der Waals surface area contributed by atoms with Crippen LogP contribution < -0.4 is 0 Å². The van der Waals surface area contributed by atoms with E-state index in [0.717, 1.165) is 44.9 Å². The summed E-state index contributed by atoms with van der Waals surface area (Å²) in [6.45, 7) is 10.8. The van der Waals surface area contributed by atoms with E-state index in [2.05, 4.69) is 81.6 Å². The van der Waals surface area contributed by atoms with Gasteiger partial charge in [-0.1, -0.05) is 94.8 Å². The zero-order valence-corrected chi connectivity index (χ0v) is 28.3. The van der Waals surface area contributed by atoms with Gasteiger partial charge >= 0.3 is 11.9 Å². The summed E-state index contributed by atoms with van der Waals surface area (Å²) in [6, 6.07) is 20.7. The van der Waals surface area contributed by atoms with Gasteiger partial charge in [0, 0.05) is 5.92 Å². The molecular weight excluding hydrogens is 588 g/mol. The lowest BCUT2D eigenvalue weighted by Crippen LogP contribution is -2.31. The molecule has 6 nitrogen and oxygen atoms in total. The number of unbranched alkanes of at least 4 members (excludes halogenated alkanes) is 2. The summed E-state index contributed by atoms with van der Waals surface area (Å²) in [7, 11) is 0. The molecule has 0 saturated heterocycles. The third-order valence-electron chi connectivity index (χ3n) is 9.70. The molecular formula is C41H52O6. The highest BCUT2D eigenvalue weighted by atomic mass is 16.5. The third-order valence-corrected chi connectivity index (χ3v) is 9.70. The Morgan fingerprint density at radius 3 is 1.94 bits per heavy atom. The number of benzene rings is 3. The molecule has 0 atom stereocenters. The van der Waals surface area contributed by atoms with Crippen LogP contribution in [0.2, 0.25) is 0 Å². The topological polar surface area (TPSA) is 93.1 Å². The fourth-order valence-electron chi connectivity index (χ4n) is 6.76. The van der Waals surface area contributed by atoms with Crippen molar-refractivity contribution in [3.63, 3.8) is 0 Å². The Kier molecular flexibility index (Phi) is 13.8. The molecule has 6 heteroatoms. The molecule has 0 spiro atoms. The van der Waals surface area contributed by atoms with Crippen molar-refractivity contribution >= 4 is 22.7 Å². The number of fused-ring (bicyclic) bond motifs is 1. The monoisotopic (exact) mass is 640 g/mol. The van der Waals surface area contributed by atoms with E-state index in [1.54, 1.807) is 0 Å². The van der Waals surface area contributed by atoms with Crippen molar-refractivity contribution in [2.45, 2.75) is 84.0 Å². The third kappa shape index (κ3) is 9.88. The molecule has 1 aliphatic rings. The molecule has 1 saturated carbocycles. The molecule has 0 amide bonds. The standard InChI is InChI=1S/C41H52O6/c1-5-7-8-10-30-15-16-35(21-33(30)9-6-2)38-20-19-36-22-34(17-18-37(36)23-38)31-11-13-32(14-12-31)39(26-46-40(44)28(3)24-42)27-47-41(45)29(4)25-43/h15-23,31-32,39,42-43H,3-14,24-27H2,1-2H3. The molecule has 0 aliphatic heterocycles. The van der Waals surface area contributed by atoms with E-state index < -0.39 is 25.2 Å². The fraction of sp³-hybridized carbons (Fsp3) is 0.463. The second-order valence-corrected chi connectivity index (χ2v) is 13.1. The van der Waals surface area contributed by atoms with E-state index in [1.807, 2.05) is 0 Å². The van der Waals surface area contributed by atoms with Gasteiger partial charge in [-0.15, -0.1) is 0 Å². The second kappa shape index (κ2) is 18.0. The molecule has 47 heavy (non-hydrogen) atoms. The van der Waals surface area contributed by atoms with Gasteiger partial charge in [0.1, 0.15) is 0 Å². The van der Waals surface area contributed by atoms with Gasteiger partial charge in [-0.05, 0) is 101 Å². The fourth-order valence-corrected chi connectivity index (χ4v) is 6.76. The predicted octanol–water partition coefficient (Wildman–Crippen LogP) is 8.27. The Labute approximate surface area is 280 Å². The molecule has 3 aromatic rings. The van der Waals surface area contributed by atoms with Crippen molar-refractivity contribution in [1.82, 2.24) is 0 Å². The molecule has 3 aromatic carbocycles. The molecule has 0 unspecified atom stereocenters. The molecule has 1 aliphatic carbocycles. The van der Waals surface area contributed by atoms with Crippen LogP contribution in [0.1, 0.15) is 87.8 Å². The predicted molar refractivity (Wildman–Crippen MR) is 189 cm³/mol. The van der Waals surface area contributed by atoms with Crippen molar-refractivity contribution in [3.05, 3.63) is 95.6 Å². The summed E-state index contributed by atoms with van der Waals surface area (Å²) in [5, 5.41) is 20.9. The molecule has 0 heterocycles. The summed E-state index contributed by atoms with van der Waals surface area (Å²) >= 11 is 0. The number of carbonyl (C=O) groups is 2. The highest BCUT2D eigenvalue weighted by Gasteiger charge is 2.31. The lowest BCUT2D eigenvalue weighted by Gasteiger charge is -2.33. The second-order valence-electron chi connectivity index (χ2n) is 13.1. The van der Waals surface area contributed by atoms with E-state index in [9.17, 15) is 19.8 Å². The first kappa shape index (κ1) is 36.1. The smallest absolute Gasteiger partial charge is 0.335 e. The molecule has 4 rings (SSSR count). The van der Waals surface area contributed by atoms with Crippen molar-refractivity contribution in [2.75, 3.05) is 26.4 Å². The summed E-state index contributed by atoms with van der Waals surface area (Å²) in [5.74, 6) is -0.911. The Morgan fingerprint density at radius 1 is 0.723 bits per heavy atom. The zero-order chi connectivity index (χ0) is 33.8. The zero-order valence-electron chi connectivity index (χ0n) is 28.3. The SMILES string of the molecule is C=C(CO)C(=O)OCC(COC(=O)C(=C)CO)C1CCC(c2ccc3cc(-c4ccc(CCCCC)c(CCC)c4)ccc3c2)CC1. The Morgan fingerprint density at radius 2 is 1.32 bits per heavy atom. The van der Waals surface area contributed by atoms with E-state index in [0.29, 0.717) is 5.92 Å². The van der Waals surface area contributed by atoms with Crippen LogP contribution in [0.3, 0.4) is 0 Å². The average molecular weight is 641 g/mol. The highest BCUT2D eigenvalue weighted by molar-refractivity contribution is 5.89. The van der Waals surface area contributed by atoms with Crippen LogP contribution in [0.4, 0.5) is 0 Å². The molecule has 252 valence electrons. The largest absolute Gasteiger partial charge is 0.462 e. The summed E-state index contributed by atoms with van der Waals surface area (Å²) < 4.78 is 10.8. The Balaban J connectivity index is 1.43. The number of esters is 2. The van der Waals surface area contributed by atoms with Gasteiger partial charge in [-0.25, -0.2) is 9.59 Å². The molecule has 2 N–H and O–H groups in total. The molecule has 1 fully saturated rings. The number of aliphatic hydroxyl groups excluding tert-OH is 2. The van der Waals surface area contributed by atoms with Crippen LogP contribution in [0.25, 0.3) is 21.9 Å². The number of aryl methyl sites for hydroxylation is 2. The first-order chi connectivity index (χ1) is 22.8.